The number of hydrogen-bond donors (Lipinski definition) is 2. The fraction of sp³-hybridized carbons (Fsp3) is 0.400. The maximum absolute atomic E-state index is 13.2. The van der Waals surface area contributed by atoms with Crippen LogP contribution in [0.3, 0.4) is 0 Å². The molecule has 0 aromatic heterocycles. The van der Waals surface area contributed by atoms with Crippen molar-refractivity contribution in [2.75, 3.05) is 6.61 Å². The van der Waals surface area contributed by atoms with Gasteiger partial charge in [0, 0.05) is 24.3 Å². The van der Waals surface area contributed by atoms with Gasteiger partial charge in [-0.05, 0) is 12.8 Å². The molecule has 0 radical (unpaired) electrons. The van der Waals surface area contributed by atoms with Crippen molar-refractivity contribution in [3.63, 3.8) is 0 Å². The van der Waals surface area contributed by atoms with E-state index in [1.165, 1.54) is 0 Å². The van der Waals surface area contributed by atoms with Crippen LogP contribution in [-0.2, 0) is 0 Å². The van der Waals surface area contributed by atoms with Crippen molar-refractivity contribution in [2.24, 2.45) is 5.73 Å². The first-order chi connectivity index (χ1) is 7.49. The van der Waals surface area contributed by atoms with Crippen LogP contribution in [-0.4, -0.2) is 11.7 Å². The molecule has 0 saturated carbocycles. The molecule has 0 aliphatic carbocycles. The monoisotopic (exact) mass is 237 g/mol. The highest BCUT2D eigenvalue weighted by atomic mass is 19.2. The van der Waals surface area contributed by atoms with Gasteiger partial charge in [-0.25, -0.2) is 17.6 Å². The Kier molecular flexibility index (Phi) is 4.26. The van der Waals surface area contributed by atoms with Crippen molar-refractivity contribution >= 4 is 0 Å². The molecule has 0 fully saturated rings. The van der Waals surface area contributed by atoms with Crippen molar-refractivity contribution in [1.29, 1.82) is 0 Å². The Bertz CT molecular complexity index is 357. The van der Waals surface area contributed by atoms with Gasteiger partial charge in [-0.3, -0.25) is 0 Å². The Balaban J connectivity index is 3.11. The third-order valence-electron chi connectivity index (χ3n) is 2.19. The first-order valence-electron chi connectivity index (χ1n) is 4.68. The Hall–Kier alpha value is -1.14. The van der Waals surface area contributed by atoms with E-state index in [9.17, 15) is 17.6 Å². The second kappa shape index (κ2) is 5.27. The quantitative estimate of drug-likeness (QED) is 0.621. The summed E-state index contributed by atoms with van der Waals surface area (Å²) in [6, 6.07) is -1.05. The predicted molar refractivity (Wildman–Crippen MR) is 49.5 cm³/mol. The zero-order chi connectivity index (χ0) is 12.3. The molecular weight excluding hydrogens is 226 g/mol. The van der Waals surface area contributed by atoms with Crippen LogP contribution < -0.4 is 5.73 Å². The molecule has 0 amide bonds. The van der Waals surface area contributed by atoms with E-state index in [4.69, 9.17) is 10.8 Å². The summed E-state index contributed by atoms with van der Waals surface area (Å²) in [6.45, 7) is -0.214. The summed E-state index contributed by atoms with van der Waals surface area (Å²) >= 11 is 0. The van der Waals surface area contributed by atoms with Gasteiger partial charge in [0.1, 0.15) is 0 Å². The fourth-order valence-corrected chi connectivity index (χ4v) is 1.37. The number of benzene rings is 1. The average Bonchev–Trinajstić information content (AvgIpc) is 2.24. The van der Waals surface area contributed by atoms with E-state index in [-0.39, 0.29) is 25.5 Å². The minimum absolute atomic E-state index is 0.0350. The van der Waals surface area contributed by atoms with Crippen molar-refractivity contribution in [1.82, 2.24) is 0 Å². The summed E-state index contributed by atoms with van der Waals surface area (Å²) in [5, 5.41) is 8.52. The molecule has 1 atom stereocenters. The summed E-state index contributed by atoms with van der Waals surface area (Å²) < 4.78 is 52.0. The zero-order valence-corrected chi connectivity index (χ0v) is 8.31. The van der Waals surface area contributed by atoms with Gasteiger partial charge in [-0.2, -0.15) is 0 Å². The molecular formula is C10H11F4NO. The van der Waals surface area contributed by atoms with Gasteiger partial charge in [-0.15, -0.1) is 0 Å². The number of aliphatic hydroxyl groups is 1. The Labute approximate surface area is 89.7 Å². The van der Waals surface area contributed by atoms with Crippen molar-refractivity contribution in [3.05, 3.63) is 34.9 Å². The topological polar surface area (TPSA) is 46.2 Å². The molecule has 1 aromatic carbocycles. The van der Waals surface area contributed by atoms with E-state index >= 15 is 0 Å². The number of aliphatic hydroxyl groups excluding tert-OH is 1. The highest BCUT2D eigenvalue weighted by Crippen LogP contribution is 2.26. The Morgan fingerprint density at radius 2 is 1.62 bits per heavy atom. The molecule has 3 N–H and O–H groups in total. The van der Waals surface area contributed by atoms with Crippen LogP contribution in [0, 0.1) is 23.3 Å². The average molecular weight is 237 g/mol. The van der Waals surface area contributed by atoms with Crippen LogP contribution in [0.1, 0.15) is 24.4 Å². The number of rotatable bonds is 4. The van der Waals surface area contributed by atoms with Crippen LogP contribution in [0.15, 0.2) is 6.07 Å². The van der Waals surface area contributed by atoms with Crippen molar-refractivity contribution in [3.8, 4) is 0 Å². The van der Waals surface area contributed by atoms with Gasteiger partial charge in [0.05, 0.1) is 0 Å². The van der Waals surface area contributed by atoms with Crippen molar-refractivity contribution in [2.45, 2.75) is 18.9 Å². The van der Waals surface area contributed by atoms with E-state index in [0.717, 1.165) is 0 Å². The number of halogens is 4. The summed E-state index contributed by atoms with van der Waals surface area (Å²) in [6.07, 6.45) is 0.228. The molecule has 0 aliphatic rings. The van der Waals surface area contributed by atoms with Crippen LogP contribution >= 0.6 is 0 Å². The fourth-order valence-electron chi connectivity index (χ4n) is 1.37. The molecule has 1 aromatic rings. The van der Waals surface area contributed by atoms with Crippen LogP contribution in [0.4, 0.5) is 17.6 Å². The smallest absolute Gasteiger partial charge is 0.166 e. The lowest BCUT2D eigenvalue weighted by Gasteiger charge is -2.14. The molecule has 6 heteroatoms. The maximum Gasteiger partial charge on any atom is 0.166 e. The summed E-state index contributed by atoms with van der Waals surface area (Å²) in [4.78, 5) is 0. The summed E-state index contributed by atoms with van der Waals surface area (Å²) in [5.41, 5.74) is 4.58. The molecule has 16 heavy (non-hydrogen) atoms. The van der Waals surface area contributed by atoms with Crippen LogP contribution in [0.25, 0.3) is 0 Å². The van der Waals surface area contributed by atoms with Gasteiger partial charge < -0.3 is 10.8 Å². The van der Waals surface area contributed by atoms with E-state index in [1.807, 2.05) is 0 Å². The molecule has 0 bridgehead atoms. The SMILES string of the molecule is N[C@H](CCCO)c1c(F)c(F)cc(F)c1F. The van der Waals surface area contributed by atoms with E-state index in [0.29, 0.717) is 0 Å². The van der Waals surface area contributed by atoms with Gasteiger partial charge in [0.2, 0.25) is 0 Å². The lowest BCUT2D eigenvalue weighted by molar-refractivity contribution is 0.278. The first kappa shape index (κ1) is 12.9. The lowest BCUT2D eigenvalue weighted by atomic mass is 10.0. The highest BCUT2D eigenvalue weighted by Gasteiger charge is 2.23. The third-order valence-corrected chi connectivity index (χ3v) is 2.19. The van der Waals surface area contributed by atoms with Crippen molar-refractivity contribution < 1.29 is 22.7 Å². The molecule has 0 heterocycles. The predicted octanol–water partition coefficient (Wildman–Crippen LogP) is 2.02. The molecule has 0 spiro atoms. The normalized spacial score (nSPS) is 12.9. The van der Waals surface area contributed by atoms with E-state index < -0.39 is 34.9 Å². The summed E-state index contributed by atoms with van der Waals surface area (Å²) in [7, 11) is 0. The molecule has 0 saturated heterocycles. The standard InChI is InChI=1S/C10H11F4NO/c11-5-4-6(12)10(14)8(9(5)13)7(15)2-1-3-16/h4,7,16H,1-3,15H2/t7-/m1/s1. The Morgan fingerprint density at radius 3 is 2.06 bits per heavy atom. The third kappa shape index (κ3) is 2.51. The maximum atomic E-state index is 13.2. The minimum Gasteiger partial charge on any atom is -0.396 e. The lowest BCUT2D eigenvalue weighted by Crippen LogP contribution is -2.17. The second-order valence-corrected chi connectivity index (χ2v) is 3.35. The highest BCUT2D eigenvalue weighted by molar-refractivity contribution is 5.25. The molecule has 0 aliphatic heterocycles. The Morgan fingerprint density at radius 1 is 1.12 bits per heavy atom. The van der Waals surface area contributed by atoms with E-state index in [2.05, 4.69) is 0 Å². The first-order valence-corrected chi connectivity index (χ1v) is 4.68. The molecule has 1 rings (SSSR count). The minimum atomic E-state index is -1.48. The van der Waals surface area contributed by atoms with Crippen LogP contribution in [0.2, 0.25) is 0 Å². The molecule has 2 nitrogen and oxygen atoms in total. The van der Waals surface area contributed by atoms with Gasteiger partial charge in [0.25, 0.3) is 0 Å². The number of nitrogens with two attached hydrogens (primary N) is 1. The second-order valence-electron chi connectivity index (χ2n) is 3.35. The van der Waals surface area contributed by atoms with Crippen LogP contribution in [0.5, 0.6) is 0 Å². The van der Waals surface area contributed by atoms with Gasteiger partial charge >= 0.3 is 0 Å². The molecule has 0 unspecified atom stereocenters. The van der Waals surface area contributed by atoms with Gasteiger partial charge in [0.15, 0.2) is 23.3 Å². The van der Waals surface area contributed by atoms with E-state index in [1.54, 1.807) is 0 Å². The number of hydrogen-bond acceptors (Lipinski definition) is 2. The van der Waals surface area contributed by atoms with Gasteiger partial charge in [-0.1, -0.05) is 0 Å². The molecule has 90 valence electrons. The summed E-state index contributed by atoms with van der Waals surface area (Å²) in [5.74, 6) is -5.92. The largest absolute Gasteiger partial charge is 0.396 e. The zero-order valence-electron chi connectivity index (χ0n) is 8.31.